The van der Waals surface area contributed by atoms with Gasteiger partial charge in [0.25, 0.3) is 0 Å². The molecule has 1 aromatic carbocycles. The largest absolute Gasteiger partial charge is 0.416 e. The van der Waals surface area contributed by atoms with Crippen molar-refractivity contribution in [3.63, 3.8) is 0 Å². The number of amides is 1. The second-order valence-electron chi connectivity index (χ2n) is 5.72. The Morgan fingerprint density at radius 1 is 1.12 bits per heavy atom. The summed E-state index contributed by atoms with van der Waals surface area (Å²) < 4.78 is 38.4. The number of anilines is 1. The van der Waals surface area contributed by atoms with E-state index in [2.05, 4.69) is 0 Å². The van der Waals surface area contributed by atoms with Gasteiger partial charge in [0.1, 0.15) is 0 Å². The predicted octanol–water partition coefficient (Wildman–Crippen LogP) is 3.66. The fourth-order valence-corrected chi connectivity index (χ4v) is 3.44. The van der Waals surface area contributed by atoms with Crippen molar-refractivity contribution in [3.05, 3.63) is 52.2 Å². The minimum Gasteiger partial charge on any atom is -0.368 e. The van der Waals surface area contributed by atoms with Crippen LogP contribution in [-0.2, 0) is 17.4 Å². The van der Waals surface area contributed by atoms with E-state index in [1.165, 1.54) is 12.1 Å². The number of nitrogens with zero attached hydrogens (tertiary/aromatic N) is 2. The SMILES string of the molecule is O=C(Cc1ccsc1)N1CCN(c2cccc(C(F)(F)F)c2)CC1. The van der Waals surface area contributed by atoms with Crippen molar-refractivity contribution >= 4 is 22.9 Å². The van der Waals surface area contributed by atoms with Gasteiger partial charge in [-0.3, -0.25) is 4.79 Å². The van der Waals surface area contributed by atoms with Gasteiger partial charge in [-0.05, 0) is 40.6 Å². The molecule has 24 heavy (non-hydrogen) atoms. The molecule has 0 unspecified atom stereocenters. The smallest absolute Gasteiger partial charge is 0.368 e. The Balaban J connectivity index is 1.60. The first kappa shape index (κ1) is 16.8. The van der Waals surface area contributed by atoms with E-state index >= 15 is 0 Å². The Morgan fingerprint density at radius 2 is 1.88 bits per heavy atom. The van der Waals surface area contributed by atoms with Gasteiger partial charge in [-0.15, -0.1) is 0 Å². The highest BCUT2D eigenvalue weighted by molar-refractivity contribution is 7.08. The van der Waals surface area contributed by atoms with Crippen LogP contribution in [0, 0.1) is 0 Å². The summed E-state index contributed by atoms with van der Waals surface area (Å²) in [7, 11) is 0. The van der Waals surface area contributed by atoms with Crippen molar-refractivity contribution in [2.45, 2.75) is 12.6 Å². The Kier molecular flexibility index (Phi) is 4.80. The molecule has 0 spiro atoms. The fourth-order valence-electron chi connectivity index (χ4n) is 2.77. The summed E-state index contributed by atoms with van der Waals surface area (Å²) in [6.07, 6.45) is -3.96. The number of rotatable bonds is 3. The fraction of sp³-hybridized carbons (Fsp3) is 0.353. The van der Waals surface area contributed by atoms with Gasteiger partial charge in [-0.1, -0.05) is 6.07 Å². The van der Waals surface area contributed by atoms with E-state index in [-0.39, 0.29) is 5.91 Å². The van der Waals surface area contributed by atoms with Crippen LogP contribution in [0.15, 0.2) is 41.1 Å². The maximum atomic E-state index is 12.8. The molecule has 2 aromatic rings. The number of thiophene rings is 1. The summed E-state index contributed by atoms with van der Waals surface area (Å²) >= 11 is 1.56. The van der Waals surface area contributed by atoms with E-state index in [0.717, 1.165) is 11.6 Å². The highest BCUT2D eigenvalue weighted by Gasteiger charge is 2.31. The van der Waals surface area contributed by atoms with Crippen LogP contribution in [0.5, 0.6) is 0 Å². The van der Waals surface area contributed by atoms with E-state index in [1.54, 1.807) is 22.3 Å². The quantitative estimate of drug-likeness (QED) is 0.840. The Morgan fingerprint density at radius 3 is 2.50 bits per heavy atom. The molecule has 1 aliphatic heterocycles. The molecule has 0 saturated carbocycles. The summed E-state index contributed by atoms with van der Waals surface area (Å²) in [5, 5.41) is 3.89. The average molecular weight is 354 g/mol. The molecule has 0 bridgehead atoms. The zero-order chi connectivity index (χ0) is 17.2. The van der Waals surface area contributed by atoms with Crippen molar-refractivity contribution in [1.82, 2.24) is 4.90 Å². The van der Waals surface area contributed by atoms with E-state index in [4.69, 9.17) is 0 Å². The monoisotopic (exact) mass is 354 g/mol. The summed E-state index contributed by atoms with van der Waals surface area (Å²) in [5.74, 6) is 0.0668. The third kappa shape index (κ3) is 3.90. The van der Waals surface area contributed by atoms with Crippen LogP contribution in [-0.4, -0.2) is 37.0 Å². The number of halogens is 3. The molecule has 1 aromatic heterocycles. The minimum absolute atomic E-state index is 0.0668. The number of carbonyl (C=O) groups excluding carboxylic acids is 1. The lowest BCUT2D eigenvalue weighted by atomic mass is 10.1. The van der Waals surface area contributed by atoms with Gasteiger partial charge in [0.05, 0.1) is 12.0 Å². The van der Waals surface area contributed by atoms with Crippen LogP contribution in [0.4, 0.5) is 18.9 Å². The second kappa shape index (κ2) is 6.84. The van der Waals surface area contributed by atoms with Crippen molar-refractivity contribution in [2.75, 3.05) is 31.1 Å². The topological polar surface area (TPSA) is 23.6 Å². The molecular weight excluding hydrogens is 337 g/mol. The van der Waals surface area contributed by atoms with Crippen molar-refractivity contribution in [3.8, 4) is 0 Å². The third-order valence-electron chi connectivity index (χ3n) is 4.11. The normalized spacial score (nSPS) is 15.6. The number of carbonyl (C=O) groups is 1. The number of benzene rings is 1. The second-order valence-corrected chi connectivity index (χ2v) is 6.50. The maximum absolute atomic E-state index is 12.8. The van der Waals surface area contributed by atoms with E-state index in [0.29, 0.717) is 38.3 Å². The molecule has 0 N–H and O–H groups in total. The highest BCUT2D eigenvalue weighted by atomic mass is 32.1. The number of piperazine rings is 1. The van der Waals surface area contributed by atoms with E-state index < -0.39 is 11.7 Å². The van der Waals surface area contributed by atoms with Gasteiger partial charge < -0.3 is 9.80 Å². The van der Waals surface area contributed by atoms with Crippen molar-refractivity contribution in [2.24, 2.45) is 0 Å². The lowest BCUT2D eigenvalue weighted by Gasteiger charge is -2.36. The van der Waals surface area contributed by atoms with Gasteiger partial charge in [0, 0.05) is 31.9 Å². The molecule has 128 valence electrons. The first-order valence-electron chi connectivity index (χ1n) is 7.64. The molecule has 1 amide bonds. The Hall–Kier alpha value is -2.02. The van der Waals surface area contributed by atoms with Crippen LogP contribution in [0.25, 0.3) is 0 Å². The minimum atomic E-state index is -4.34. The molecule has 0 aliphatic carbocycles. The third-order valence-corrected chi connectivity index (χ3v) is 4.84. The van der Waals surface area contributed by atoms with Crippen LogP contribution in [0.3, 0.4) is 0 Å². The molecular formula is C17H17F3N2OS. The first-order chi connectivity index (χ1) is 11.4. The van der Waals surface area contributed by atoms with Crippen LogP contribution >= 0.6 is 11.3 Å². The van der Waals surface area contributed by atoms with E-state index in [9.17, 15) is 18.0 Å². The maximum Gasteiger partial charge on any atom is 0.416 e. The number of alkyl halides is 3. The molecule has 3 nitrogen and oxygen atoms in total. The molecule has 0 radical (unpaired) electrons. The van der Waals surface area contributed by atoms with Crippen molar-refractivity contribution in [1.29, 1.82) is 0 Å². The lowest BCUT2D eigenvalue weighted by molar-refractivity contribution is -0.137. The standard InChI is InChI=1S/C17H17F3N2OS/c18-17(19,20)14-2-1-3-15(11-14)21-5-7-22(8-6-21)16(23)10-13-4-9-24-12-13/h1-4,9,11-12H,5-8,10H2. The average Bonchev–Trinajstić information content (AvgIpc) is 3.07. The lowest BCUT2D eigenvalue weighted by Crippen LogP contribution is -2.49. The Bertz CT molecular complexity index is 692. The first-order valence-corrected chi connectivity index (χ1v) is 8.59. The van der Waals surface area contributed by atoms with E-state index in [1.807, 2.05) is 21.7 Å². The number of hydrogen-bond donors (Lipinski definition) is 0. The summed E-state index contributed by atoms with van der Waals surface area (Å²) in [4.78, 5) is 15.9. The molecule has 1 fully saturated rings. The van der Waals surface area contributed by atoms with Crippen molar-refractivity contribution < 1.29 is 18.0 Å². The summed E-state index contributed by atoms with van der Waals surface area (Å²) in [5.41, 5.74) is 0.913. The zero-order valence-corrected chi connectivity index (χ0v) is 13.7. The van der Waals surface area contributed by atoms with Crippen LogP contribution < -0.4 is 4.90 Å². The zero-order valence-electron chi connectivity index (χ0n) is 12.9. The van der Waals surface area contributed by atoms with Gasteiger partial charge in [-0.2, -0.15) is 24.5 Å². The molecule has 0 atom stereocenters. The molecule has 3 rings (SSSR count). The molecule has 1 aliphatic rings. The molecule has 1 saturated heterocycles. The van der Waals surface area contributed by atoms with Gasteiger partial charge in [0.2, 0.25) is 5.91 Å². The highest BCUT2D eigenvalue weighted by Crippen LogP contribution is 2.31. The molecule has 2 heterocycles. The van der Waals surface area contributed by atoms with Crippen LogP contribution in [0.1, 0.15) is 11.1 Å². The van der Waals surface area contributed by atoms with Crippen LogP contribution in [0.2, 0.25) is 0 Å². The van der Waals surface area contributed by atoms with Gasteiger partial charge in [-0.25, -0.2) is 0 Å². The number of hydrogen-bond acceptors (Lipinski definition) is 3. The van der Waals surface area contributed by atoms with Gasteiger partial charge in [0.15, 0.2) is 0 Å². The predicted molar refractivity (Wildman–Crippen MR) is 88.3 cm³/mol. The summed E-state index contributed by atoms with van der Waals surface area (Å²) in [6.45, 7) is 2.13. The Labute approximate surface area is 142 Å². The molecule has 7 heteroatoms. The summed E-state index contributed by atoms with van der Waals surface area (Å²) in [6, 6.07) is 7.28. The van der Waals surface area contributed by atoms with Gasteiger partial charge >= 0.3 is 6.18 Å².